The van der Waals surface area contributed by atoms with Crippen molar-refractivity contribution in [3.63, 3.8) is 0 Å². The summed E-state index contributed by atoms with van der Waals surface area (Å²) in [6.07, 6.45) is 0. The number of benzene rings is 2. The van der Waals surface area contributed by atoms with Gasteiger partial charge in [-0.2, -0.15) is 0 Å². The van der Waals surface area contributed by atoms with Crippen LogP contribution in [0.2, 0.25) is 5.02 Å². The third-order valence-electron chi connectivity index (χ3n) is 5.11. The monoisotopic (exact) mass is 534 g/mol. The highest BCUT2D eigenvalue weighted by molar-refractivity contribution is 7.93. The molecule has 3 aromatic rings. The molecule has 2 aromatic carbocycles. The molecule has 0 unspecified atom stereocenters. The number of carbonyl (C=O) groups excluding carboxylic acids is 3. The number of nitrogens with one attached hydrogen (secondary N) is 1. The molecular weight excluding hydrogens is 516 g/mol. The van der Waals surface area contributed by atoms with Crippen LogP contribution in [0.3, 0.4) is 0 Å². The van der Waals surface area contributed by atoms with Gasteiger partial charge in [-0.25, -0.2) is 13.2 Å². The zero-order valence-corrected chi connectivity index (χ0v) is 20.9. The number of hydrogen-bond donors (Lipinski definition) is 1. The first-order valence-electron chi connectivity index (χ1n) is 10.3. The maximum Gasteiger partial charge on any atom is 0.341 e. The fourth-order valence-corrected chi connectivity index (χ4v) is 6.31. The van der Waals surface area contributed by atoms with Gasteiger partial charge in [0.1, 0.15) is 15.6 Å². The van der Waals surface area contributed by atoms with Crippen molar-refractivity contribution in [3.05, 3.63) is 75.1 Å². The van der Waals surface area contributed by atoms with Crippen LogP contribution in [0.25, 0.3) is 0 Å². The zero-order chi connectivity index (χ0) is 25.3. The Kier molecular flexibility index (Phi) is 6.84. The van der Waals surface area contributed by atoms with Gasteiger partial charge in [0, 0.05) is 9.90 Å². The minimum absolute atomic E-state index is 0.0305. The van der Waals surface area contributed by atoms with Gasteiger partial charge in [0.05, 0.1) is 37.0 Å². The number of sulfonamides is 1. The summed E-state index contributed by atoms with van der Waals surface area (Å²) < 4.78 is 38.9. The molecule has 4 rings (SSSR count). The van der Waals surface area contributed by atoms with Crippen LogP contribution in [-0.2, 0) is 21.3 Å². The highest BCUT2D eigenvalue weighted by Gasteiger charge is 2.36. The van der Waals surface area contributed by atoms with Crippen molar-refractivity contribution in [1.29, 1.82) is 0 Å². The van der Waals surface area contributed by atoms with Crippen molar-refractivity contribution < 1.29 is 32.3 Å². The van der Waals surface area contributed by atoms with E-state index in [1.807, 2.05) is 0 Å². The molecule has 1 aliphatic heterocycles. The first-order chi connectivity index (χ1) is 16.7. The molecule has 2 amide bonds. The van der Waals surface area contributed by atoms with Crippen molar-refractivity contribution in [1.82, 2.24) is 4.90 Å². The summed E-state index contributed by atoms with van der Waals surface area (Å²) in [4.78, 5) is 39.3. The number of anilines is 1. The number of amides is 2. The third kappa shape index (κ3) is 4.75. The molecule has 9 nitrogen and oxygen atoms in total. The van der Waals surface area contributed by atoms with Crippen LogP contribution in [0, 0.1) is 0 Å². The van der Waals surface area contributed by atoms with Crippen LogP contribution in [0.1, 0.15) is 42.9 Å². The topological polar surface area (TPSA) is 119 Å². The number of esters is 1. The molecule has 12 heteroatoms. The van der Waals surface area contributed by atoms with Crippen molar-refractivity contribution in [3.8, 4) is 5.75 Å². The number of nitrogens with zero attached hydrogens (tertiary/aromatic N) is 1. The molecule has 1 N–H and O–H groups in total. The number of ether oxygens (including phenoxy) is 2. The Hall–Kier alpha value is -3.41. The smallest absolute Gasteiger partial charge is 0.341 e. The highest BCUT2D eigenvalue weighted by Crippen LogP contribution is 2.35. The fourth-order valence-electron chi connectivity index (χ4n) is 3.53. The number of methoxy groups -OCH3 is 1. The maximum absolute atomic E-state index is 13.2. The van der Waals surface area contributed by atoms with Crippen LogP contribution < -0.4 is 9.46 Å². The molecule has 1 aliphatic rings. The molecule has 2 heterocycles. The largest absolute Gasteiger partial charge is 0.495 e. The van der Waals surface area contributed by atoms with Gasteiger partial charge in [0.25, 0.3) is 21.8 Å². The number of carbonyl (C=O) groups is 3. The quantitative estimate of drug-likeness (QED) is 0.340. The molecule has 0 bridgehead atoms. The second kappa shape index (κ2) is 9.68. The van der Waals surface area contributed by atoms with E-state index < -0.39 is 27.8 Å². The Labute approximate surface area is 210 Å². The number of imide groups is 1. The van der Waals surface area contributed by atoms with Crippen LogP contribution in [0.5, 0.6) is 5.75 Å². The number of fused-ring (bicyclic) bond motifs is 1. The second-order valence-corrected chi connectivity index (χ2v) is 10.5. The summed E-state index contributed by atoms with van der Waals surface area (Å²) in [5.41, 5.74) is 0.523. The van der Waals surface area contributed by atoms with Crippen molar-refractivity contribution in [2.75, 3.05) is 18.4 Å². The Morgan fingerprint density at radius 1 is 1.09 bits per heavy atom. The molecule has 0 spiro atoms. The average Bonchev–Trinajstić information content (AvgIpc) is 3.33. The normalized spacial score (nSPS) is 13.1. The van der Waals surface area contributed by atoms with E-state index in [4.69, 9.17) is 21.1 Å². The van der Waals surface area contributed by atoms with E-state index >= 15 is 0 Å². The lowest BCUT2D eigenvalue weighted by Gasteiger charge is -2.12. The van der Waals surface area contributed by atoms with E-state index in [0.29, 0.717) is 4.88 Å². The molecule has 35 heavy (non-hydrogen) atoms. The fraction of sp³-hybridized carbons (Fsp3) is 0.174. The zero-order valence-electron chi connectivity index (χ0n) is 18.5. The molecule has 0 saturated carbocycles. The average molecular weight is 535 g/mol. The number of thiophene rings is 1. The van der Waals surface area contributed by atoms with Gasteiger partial charge >= 0.3 is 5.97 Å². The minimum Gasteiger partial charge on any atom is -0.495 e. The van der Waals surface area contributed by atoms with Crippen molar-refractivity contribution in [2.45, 2.75) is 18.4 Å². The van der Waals surface area contributed by atoms with Gasteiger partial charge in [0.2, 0.25) is 0 Å². The molecule has 1 aromatic heterocycles. The second-order valence-electron chi connectivity index (χ2n) is 7.32. The summed E-state index contributed by atoms with van der Waals surface area (Å²) in [6, 6.07) is 12.0. The molecule has 0 aliphatic carbocycles. The van der Waals surface area contributed by atoms with Crippen LogP contribution >= 0.6 is 22.9 Å². The summed E-state index contributed by atoms with van der Waals surface area (Å²) in [7, 11) is -2.92. The highest BCUT2D eigenvalue weighted by atomic mass is 35.5. The van der Waals surface area contributed by atoms with Crippen LogP contribution in [0.4, 0.5) is 5.00 Å². The standard InChI is InChI=1S/C23H19ClN2O7S2/c1-3-33-23(29)17-11-14(12-26-21(27)15-6-4-5-7-16(15)22(26)28)34-20(17)25-35(30,31)19-10-13(24)8-9-18(19)32-2/h4-11,25H,3,12H2,1-2H3. The van der Waals surface area contributed by atoms with Crippen molar-refractivity contribution in [2.24, 2.45) is 0 Å². The lowest BCUT2D eigenvalue weighted by molar-refractivity contribution is 0.0527. The molecule has 0 saturated heterocycles. The summed E-state index contributed by atoms with van der Waals surface area (Å²) in [5, 5.41) is 0.145. The predicted octanol–water partition coefficient (Wildman–Crippen LogP) is 4.18. The molecule has 0 radical (unpaired) electrons. The van der Waals surface area contributed by atoms with Gasteiger partial charge in [-0.05, 0) is 43.3 Å². The van der Waals surface area contributed by atoms with Crippen LogP contribution in [-0.4, -0.2) is 44.8 Å². The molecule has 182 valence electrons. The predicted molar refractivity (Wildman–Crippen MR) is 130 cm³/mol. The Bertz CT molecular complexity index is 1410. The summed E-state index contributed by atoms with van der Waals surface area (Å²) >= 11 is 6.89. The number of hydrogen-bond acceptors (Lipinski definition) is 8. The van der Waals surface area contributed by atoms with Crippen molar-refractivity contribution >= 4 is 55.7 Å². The number of halogens is 1. The Balaban J connectivity index is 1.69. The maximum atomic E-state index is 13.2. The lowest BCUT2D eigenvalue weighted by Crippen LogP contribution is -2.28. The van der Waals surface area contributed by atoms with E-state index in [-0.39, 0.29) is 50.5 Å². The molecule has 0 fully saturated rings. The van der Waals surface area contributed by atoms with Gasteiger partial charge in [-0.15, -0.1) is 11.3 Å². The summed E-state index contributed by atoms with van der Waals surface area (Å²) in [5.74, 6) is -1.64. The van der Waals surface area contributed by atoms with E-state index in [1.165, 1.54) is 31.4 Å². The lowest BCUT2D eigenvalue weighted by atomic mass is 10.1. The van der Waals surface area contributed by atoms with E-state index in [0.717, 1.165) is 16.2 Å². The number of rotatable bonds is 8. The van der Waals surface area contributed by atoms with Crippen LogP contribution in [0.15, 0.2) is 53.4 Å². The van der Waals surface area contributed by atoms with Gasteiger partial charge in [-0.3, -0.25) is 19.2 Å². The van der Waals surface area contributed by atoms with E-state index in [2.05, 4.69) is 4.72 Å². The Morgan fingerprint density at radius 3 is 2.34 bits per heavy atom. The third-order valence-corrected chi connectivity index (χ3v) is 7.88. The molecular formula is C23H19ClN2O7S2. The van der Waals surface area contributed by atoms with E-state index in [1.54, 1.807) is 31.2 Å². The van der Waals surface area contributed by atoms with Gasteiger partial charge < -0.3 is 9.47 Å². The van der Waals surface area contributed by atoms with Gasteiger partial charge in [0.15, 0.2) is 0 Å². The SMILES string of the molecule is CCOC(=O)c1cc(CN2C(=O)c3ccccc3C2=O)sc1NS(=O)(=O)c1cc(Cl)ccc1OC. The minimum atomic E-state index is -4.23. The first kappa shape index (κ1) is 24.7. The Morgan fingerprint density at radius 2 is 1.74 bits per heavy atom. The first-order valence-corrected chi connectivity index (χ1v) is 13.0. The molecule has 0 atom stereocenters. The summed E-state index contributed by atoms with van der Waals surface area (Å²) in [6.45, 7) is 1.53. The van der Waals surface area contributed by atoms with Gasteiger partial charge in [-0.1, -0.05) is 23.7 Å². The van der Waals surface area contributed by atoms with E-state index in [9.17, 15) is 22.8 Å².